The molecule has 0 amide bonds. The summed E-state index contributed by atoms with van der Waals surface area (Å²) in [6, 6.07) is 4.82. The predicted molar refractivity (Wildman–Crippen MR) is 56.6 cm³/mol. The molecule has 1 unspecified atom stereocenters. The van der Waals surface area contributed by atoms with Gasteiger partial charge in [-0.05, 0) is 13.1 Å². The molecule has 0 fully saturated rings. The van der Waals surface area contributed by atoms with Crippen molar-refractivity contribution < 1.29 is 13.9 Å². The largest absolute Gasteiger partial charge is 0.493 e. The minimum absolute atomic E-state index is 0.208. The van der Waals surface area contributed by atoms with Crippen molar-refractivity contribution in [2.75, 3.05) is 27.8 Å². The lowest BCUT2D eigenvalue weighted by Crippen LogP contribution is -2.19. The van der Waals surface area contributed by atoms with E-state index in [4.69, 9.17) is 9.47 Å². The van der Waals surface area contributed by atoms with Gasteiger partial charge in [-0.15, -0.1) is 0 Å². The van der Waals surface area contributed by atoms with Crippen LogP contribution >= 0.6 is 0 Å². The highest BCUT2D eigenvalue weighted by molar-refractivity contribution is 5.36. The number of methoxy groups -OCH3 is 2. The third-order valence-corrected chi connectivity index (χ3v) is 2.22. The van der Waals surface area contributed by atoms with Crippen LogP contribution in [0.4, 0.5) is 4.39 Å². The standard InChI is InChI=1S/C11H16FNO2/c1-13-7-10(14-2)8-5-4-6-9(12)11(8)15-3/h4-6,10,13H,7H2,1-3H3. The average Bonchev–Trinajstić information content (AvgIpc) is 2.25. The maximum Gasteiger partial charge on any atom is 0.165 e. The van der Waals surface area contributed by atoms with E-state index >= 15 is 0 Å². The Morgan fingerprint density at radius 1 is 1.40 bits per heavy atom. The summed E-state index contributed by atoms with van der Waals surface area (Å²) in [6.45, 7) is 0.607. The Morgan fingerprint density at radius 3 is 2.67 bits per heavy atom. The second-order valence-electron chi connectivity index (χ2n) is 3.14. The van der Waals surface area contributed by atoms with E-state index < -0.39 is 0 Å². The highest BCUT2D eigenvalue weighted by Gasteiger charge is 2.17. The second-order valence-corrected chi connectivity index (χ2v) is 3.14. The van der Waals surface area contributed by atoms with Crippen molar-refractivity contribution in [3.63, 3.8) is 0 Å². The summed E-state index contributed by atoms with van der Waals surface area (Å²) in [6.07, 6.45) is -0.208. The normalized spacial score (nSPS) is 12.5. The predicted octanol–water partition coefficient (Wildman–Crippen LogP) is 1.74. The number of para-hydroxylation sites is 1. The molecule has 4 heteroatoms. The SMILES string of the molecule is CNCC(OC)c1cccc(F)c1OC. The van der Waals surface area contributed by atoms with Gasteiger partial charge in [0, 0.05) is 19.2 Å². The van der Waals surface area contributed by atoms with Crippen molar-refractivity contribution in [3.8, 4) is 5.75 Å². The first kappa shape index (κ1) is 11.9. The molecule has 15 heavy (non-hydrogen) atoms. The molecule has 0 bridgehead atoms. The minimum atomic E-state index is -0.367. The summed E-state index contributed by atoms with van der Waals surface area (Å²) in [5.74, 6) is -0.118. The number of nitrogens with one attached hydrogen (secondary N) is 1. The zero-order chi connectivity index (χ0) is 11.3. The maximum atomic E-state index is 13.4. The van der Waals surface area contributed by atoms with Crippen LogP contribution in [0, 0.1) is 5.82 Å². The molecule has 0 spiro atoms. The van der Waals surface area contributed by atoms with Gasteiger partial charge in [0.25, 0.3) is 0 Å². The molecule has 1 rings (SSSR count). The summed E-state index contributed by atoms with van der Waals surface area (Å²) in [7, 11) is 4.86. The summed E-state index contributed by atoms with van der Waals surface area (Å²) < 4.78 is 23.7. The third kappa shape index (κ3) is 2.67. The van der Waals surface area contributed by atoms with Gasteiger partial charge >= 0.3 is 0 Å². The van der Waals surface area contributed by atoms with Crippen LogP contribution in [0.2, 0.25) is 0 Å². The molecule has 0 saturated carbocycles. The first-order valence-electron chi connectivity index (χ1n) is 4.74. The number of hydrogen-bond donors (Lipinski definition) is 1. The molecule has 1 atom stereocenters. The molecule has 1 N–H and O–H groups in total. The summed E-state index contributed by atoms with van der Waals surface area (Å²) in [5.41, 5.74) is 0.717. The molecule has 0 saturated heterocycles. The van der Waals surface area contributed by atoms with E-state index in [2.05, 4.69) is 5.32 Å². The Bertz CT molecular complexity index is 317. The van der Waals surface area contributed by atoms with Crippen LogP contribution in [0.25, 0.3) is 0 Å². The van der Waals surface area contributed by atoms with Crippen LogP contribution in [0.1, 0.15) is 11.7 Å². The van der Waals surface area contributed by atoms with E-state index in [0.29, 0.717) is 12.1 Å². The number of ether oxygens (including phenoxy) is 2. The Labute approximate surface area is 89.2 Å². The number of rotatable bonds is 5. The van der Waals surface area contributed by atoms with E-state index in [1.807, 2.05) is 7.05 Å². The minimum Gasteiger partial charge on any atom is -0.493 e. The van der Waals surface area contributed by atoms with E-state index in [9.17, 15) is 4.39 Å². The monoisotopic (exact) mass is 213 g/mol. The zero-order valence-electron chi connectivity index (χ0n) is 9.21. The average molecular weight is 213 g/mol. The van der Waals surface area contributed by atoms with Crippen molar-refractivity contribution in [3.05, 3.63) is 29.6 Å². The molecule has 1 aromatic rings. The Hall–Kier alpha value is -1.13. The molecule has 0 heterocycles. The Kier molecular flexibility index (Phi) is 4.52. The molecule has 1 aromatic carbocycles. The van der Waals surface area contributed by atoms with Crippen LogP contribution in [-0.2, 0) is 4.74 Å². The molecule has 0 aliphatic carbocycles. The van der Waals surface area contributed by atoms with Gasteiger partial charge in [-0.25, -0.2) is 4.39 Å². The molecule has 0 radical (unpaired) electrons. The molecular formula is C11H16FNO2. The Balaban J connectivity index is 3.04. The number of halogens is 1. The molecule has 0 aliphatic rings. The highest BCUT2D eigenvalue weighted by Crippen LogP contribution is 2.29. The van der Waals surface area contributed by atoms with Crippen molar-refractivity contribution >= 4 is 0 Å². The van der Waals surface area contributed by atoms with Crippen LogP contribution in [0.5, 0.6) is 5.75 Å². The van der Waals surface area contributed by atoms with Gasteiger partial charge in [0.15, 0.2) is 11.6 Å². The lowest BCUT2D eigenvalue weighted by molar-refractivity contribution is 0.101. The van der Waals surface area contributed by atoms with Crippen molar-refractivity contribution in [1.82, 2.24) is 5.32 Å². The molecule has 0 aromatic heterocycles. The van der Waals surface area contributed by atoms with E-state index in [1.54, 1.807) is 19.2 Å². The van der Waals surface area contributed by atoms with Gasteiger partial charge in [-0.2, -0.15) is 0 Å². The fourth-order valence-electron chi connectivity index (χ4n) is 1.50. The van der Waals surface area contributed by atoms with Crippen LogP contribution in [0.3, 0.4) is 0 Å². The first-order valence-corrected chi connectivity index (χ1v) is 4.74. The zero-order valence-corrected chi connectivity index (χ0v) is 9.21. The van der Waals surface area contributed by atoms with Crippen molar-refractivity contribution in [2.24, 2.45) is 0 Å². The summed E-state index contributed by atoms with van der Waals surface area (Å²) in [4.78, 5) is 0. The van der Waals surface area contributed by atoms with Gasteiger partial charge < -0.3 is 14.8 Å². The van der Waals surface area contributed by atoms with E-state index in [-0.39, 0.29) is 17.7 Å². The third-order valence-electron chi connectivity index (χ3n) is 2.22. The van der Waals surface area contributed by atoms with Crippen molar-refractivity contribution in [1.29, 1.82) is 0 Å². The second kappa shape index (κ2) is 5.68. The summed E-state index contributed by atoms with van der Waals surface area (Å²) >= 11 is 0. The quantitative estimate of drug-likeness (QED) is 0.808. The highest BCUT2D eigenvalue weighted by atomic mass is 19.1. The van der Waals surface area contributed by atoms with E-state index in [1.165, 1.54) is 13.2 Å². The molecule has 84 valence electrons. The van der Waals surface area contributed by atoms with Gasteiger partial charge in [-0.3, -0.25) is 0 Å². The molecule has 0 aliphatic heterocycles. The fraction of sp³-hybridized carbons (Fsp3) is 0.455. The van der Waals surface area contributed by atoms with Gasteiger partial charge in [0.1, 0.15) is 0 Å². The van der Waals surface area contributed by atoms with E-state index in [0.717, 1.165) is 0 Å². The lowest BCUT2D eigenvalue weighted by Gasteiger charge is -2.18. The van der Waals surface area contributed by atoms with Crippen molar-refractivity contribution in [2.45, 2.75) is 6.10 Å². The number of hydrogen-bond acceptors (Lipinski definition) is 3. The number of benzene rings is 1. The summed E-state index contributed by atoms with van der Waals surface area (Å²) in [5, 5.41) is 2.98. The number of likely N-dealkylation sites (N-methyl/N-ethyl adjacent to an activating group) is 1. The molecular weight excluding hydrogens is 197 g/mol. The maximum absolute atomic E-state index is 13.4. The lowest BCUT2D eigenvalue weighted by atomic mass is 10.1. The van der Waals surface area contributed by atoms with Crippen LogP contribution in [0.15, 0.2) is 18.2 Å². The smallest absolute Gasteiger partial charge is 0.165 e. The Morgan fingerprint density at radius 2 is 2.13 bits per heavy atom. The van der Waals surface area contributed by atoms with Gasteiger partial charge in [0.2, 0.25) is 0 Å². The topological polar surface area (TPSA) is 30.5 Å². The van der Waals surface area contributed by atoms with Gasteiger partial charge in [0.05, 0.1) is 13.2 Å². The van der Waals surface area contributed by atoms with Gasteiger partial charge in [-0.1, -0.05) is 12.1 Å². The van der Waals surface area contributed by atoms with Crippen LogP contribution < -0.4 is 10.1 Å². The fourth-order valence-corrected chi connectivity index (χ4v) is 1.50. The molecule has 3 nitrogen and oxygen atoms in total. The van der Waals surface area contributed by atoms with Crippen LogP contribution in [-0.4, -0.2) is 27.8 Å². The first-order chi connectivity index (χ1) is 7.24.